The van der Waals surface area contributed by atoms with E-state index in [1.54, 1.807) is 6.20 Å². The minimum atomic E-state index is -0.636. The summed E-state index contributed by atoms with van der Waals surface area (Å²) in [6, 6.07) is 8.01. The van der Waals surface area contributed by atoms with Gasteiger partial charge in [-0.25, -0.2) is 0 Å². The molecule has 0 aliphatic heterocycles. The number of nitriles is 1. The highest BCUT2D eigenvalue weighted by Crippen LogP contribution is 2.42. The number of nitrogens with zero attached hydrogens (tertiary/aromatic N) is 2. The van der Waals surface area contributed by atoms with Crippen molar-refractivity contribution in [3.05, 3.63) is 30.0 Å². The van der Waals surface area contributed by atoms with Crippen LogP contribution in [0.4, 0.5) is 0 Å². The van der Waals surface area contributed by atoms with Gasteiger partial charge in [0.2, 0.25) is 0 Å². The van der Waals surface area contributed by atoms with Crippen LogP contribution in [0.5, 0.6) is 0 Å². The van der Waals surface area contributed by atoms with E-state index in [4.69, 9.17) is 0 Å². The minimum Gasteiger partial charge on any atom is -0.300 e. The Hall–Kier alpha value is -2.15. The van der Waals surface area contributed by atoms with Crippen LogP contribution in [-0.2, 0) is 10.2 Å². The number of H-pyrrole nitrogens is 1. The van der Waals surface area contributed by atoms with E-state index in [0.29, 0.717) is 12.8 Å². The lowest BCUT2D eigenvalue weighted by Crippen LogP contribution is -2.40. The second-order valence-corrected chi connectivity index (χ2v) is 4.23. The number of para-hydroxylation sites is 1. The maximum Gasteiger partial charge on any atom is 0.136 e. The number of ketones is 1. The van der Waals surface area contributed by atoms with Crippen LogP contribution in [0.2, 0.25) is 0 Å². The number of benzene rings is 1. The maximum absolute atomic E-state index is 11.1. The van der Waals surface area contributed by atoms with Crippen LogP contribution < -0.4 is 0 Å². The van der Waals surface area contributed by atoms with Crippen molar-refractivity contribution in [3.63, 3.8) is 0 Å². The summed E-state index contributed by atoms with van der Waals surface area (Å²) in [6.45, 7) is 0. The fraction of sp³-hybridized carbons (Fsp3) is 0.250. The lowest BCUT2D eigenvalue weighted by Gasteiger charge is -2.34. The molecule has 1 saturated carbocycles. The van der Waals surface area contributed by atoms with Gasteiger partial charge in [0.15, 0.2) is 0 Å². The van der Waals surface area contributed by atoms with E-state index < -0.39 is 5.41 Å². The van der Waals surface area contributed by atoms with E-state index in [9.17, 15) is 10.1 Å². The Morgan fingerprint density at radius 1 is 1.44 bits per heavy atom. The molecule has 4 heteroatoms. The molecule has 0 radical (unpaired) electrons. The molecule has 78 valence electrons. The van der Waals surface area contributed by atoms with Gasteiger partial charge in [0.1, 0.15) is 5.78 Å². The van der Waals surface area contributed by atoms with Crippen molar-refractivity contribution in [2.75, 3.05) is 0 Å². The van der Waals surface area contributed by atoms with Crippen molar-refractivity contribution in [2.24, 2.45) is 0 Å². The number of fused-ring (bicyclic) bond motifs is 1. The zero-order valence-corrected chi connectivity index (χ0v) is 8.53. The Labute approximate surface area is 91.9 Å². The van der Waals surface area contributed by atoms with Gasteiger partial charge in [-0.15, -0.1) is 0 Å². The topological polar surface area (TPSA) is 69.5 Å². The van der Waals surface area contributed by atoms with Crippen LogP contribution >= 0.6 is 0 Å². The van der Waals surface area contributed by atoms with Crippen LogP contribution in [0.1, 0.15) is 18.4 Å². The van der Waals surface area contributed by atoms with Crippen LogP contribution in [0, 0.1) is 11.3 Å². The third-order valence-corrected chi connectivity index (χ3v) is 3.20. The molecule has 1 aliphatic carbocycles. The Morgan fingerprint density at radius 2 is 2.25 bits per heavy atom. The molecule has 0 spiro atoms. The predicted octanol–water partition coefficient (Wildman–Crippen LogP) is 1.69. The second-order valence-electron chi connectivity index (χ2n) is 4.23. The maximum atomic E-state index is 11.1. The van der Waals surface area contributed by atoms with Gasteiger partial charge in [-0.2, -0.15) is 10.4 Å². The number of hydrogen-bond acceptors (Lipinski definition) is 3. The molecule has 1 heterocycles. The smallest absolute Gasteiger partial charge is 0.136 e. The predicted molar refractivity (Wildman–Crippen MR) is 57.6 cm³/mol. The van der Waals surface area contributed by atoms with E-state index in [0.717, 1.165) is 16.5 Å². The van der Waals surface area contributed by atoms with Crippen molar-refractivity contribution >= 4 is 16.7 Å². The summed E-state index contributed by atoms with van der Waals surface area (Å²) >= 11 is 0. The average Bonchev–Trinajstić information content (AvgIpc) is 2.72. The Bertz CT molecular complexity index is 612. The van der Waals surface area contributed by atoms with E-state index in [1.807, 2.05) is 18.2 Å². The second kappa shape index (κ2) is 2.92. The lowest BCUT2D eigenvalue weighted by molar-refractivity contribution is -0.126. The van der Waals surface area contributed by atoms with Crippen LogP contribution in [0.15, 0.2) is 24.4 Å². The lowest BCUT2D eigenvalue weighted by atomic mass is 9.64. The average molecular weight is 211 g/mol. The molecule has 0 unspecified atom stereocenters. The van der Waals surface area contributed by atoms with Gasteiger partial charge in [0.05, 0.1) is 23.2 Å². The fourth-order valence-corrected chi connectivity index (χ4v) is 2.32. The van der Waals surface area contributed by atoms with Crippen molar-refractivity contribution in [1.29, 1.82) is 5.26 Å². The Kier molecular flexibility index (Phi) is 1.66. The molecule has 0 atom stereocenters. The molecule has 1 fully saturated rings. The molecule has 3 rings (SSSR count). The fourth-order valence-electron chi connectivity index (χ4n) is 2.32. The van der Waals surface area contributed by atoms with Gasteiger partial charge in [-0.1, -0.05) is 18.2 Å². The largest absolute Gasteiger partial charge is 0.300 e. The highest BCUT2D eigenvalue weighted by atomic mass is 16.1. The molecule has 0 bridgehead atoms. The van der Waals surface area contributed by atoms with Gasteiger partial charge in [-0.05, 0) is 5.56 Å². The van der Waals surface area contributed by atoms with Crippen molar-refractivity contribution < 1.29 is 4.79 Å². The van der Waals surface area contributed by atoms with Crippen molar-refractivity contribution in [1.82, 2.24) is 10.2 Å². The number of hydrogen-bond donors (Lipinski definition) is 1. The molecular weight excluding hydrogens is 202 g/mol. The standard InChI is InChI=1S/C12H9N3O/c13-7-12(4-9(16)5-12)10-3-1-2-8-6-14-15-11(8)10/h1-3,6H,4-5H2,(H,14,15). The number of rotatable bonds is 1. The first kappa shape index (κ1) is 9.10. The first-order chi connectivity index (χ1) is 7.75. The molecule has 1 aliphatic rings. The summed E-state index contributed by atoms with van der Waals surface area (Å²) in [7, 11) is 0. The Balaban J connectivity index is 2.23. The van der Waals surface area contributed by atoms with E-state index in [-0.39, 0.29) is 5.78 Å². The quantitative estimate of drug-likeness (QED) is 0.780. The van der Waals surface area contributed by atoms with Crippen LogP contribution in [0.3, 0.4) is 0 Å². The third-order valence-electron chi connectivity index (χ3n) is 3.20. The summed E-state index contributed by atoms with van der Waals surface area (Å²) in [5.74, 6) is 0.151. The first-order valence-corrected chi connectivity index (χ1v) is 5.11. The van der Waals surface area contributed by atoms with Gasteiger partial charge < -0.3 is 0 Å². The first-order valence-electron chi connectivity index (χ1n) is 5.11. The zero-order valence-electron chi connectivity index (χ0n) is 8.53. The molecular formula is C12H9N3O. The Morgan fingerprint density at radius 3 is 2.94 bits per heavy atom. The summed E-state index contributed by atoms with van der Waals surface area (Å²) in [5, 5.41) is 17.1. The van der Waals surface area contributed by atoms with Gasteiger partial charge >= 0.3 is 0 Å². The number of Topliss-reactive ketones (excluding diaryl/α,β-unsaturated/α-hetero) is 1. The summed E-state index contributed by atoms with van der Waals surface area (Å²) in [4.78, 5) is 11.1. The summed E-state index contributed by atoms with van der Waals surface area (Å²) in [6.07, 6.45) is 2.37. The van der Waals surface area contributed by atoms with Gasteiger partial charge in [-0.3, -0.25) is 9.89 Å². The van der Waals surface area contributed by atoms with Gasteiger partial charge in [0, 0.05) is 18.2 Å². The summed E-state index contributed by atoms with van der Waals surface area (Å²) < 4.78 is 0. The van der Waals surface area contributed by atoms with Crippen LogP contribution in [0.25, 0.3) is 10.9 Å². The van der Waals surface area contributed by atoms with Crippen LogP contribution in [-0.4, -0.2) is 16.0 Å². The van der Waals surface area contributed by atoms with E-state index in [1.165, 1.54) is 0 Å². The van der Waals surface area contributed by atoms with E-state index in [2.05, 4.69) is 16.3 Å². The molecule has 0 saturated heterocycles. The normalized spacial score (nSPS) is 18.1. The molecule has 2 aromatic rings. The third kappa shape index (κ3) is 1.03. The van der Waals surface area contributed by atoms with Gasteiger partial charge in [0.25, 0.3) is 0 Å². The van der Waals surface area contributed by atoms with Crippen molar-refractivity contribution in [3.8, 4) is 6.07 Å². The molecule has 1 aromatic carbocycles. The number of aromatic amines is 1. The minimum absolute atomic E-state index is 0.151. The SMILES string of the molecule is N#CC1(c2cccc3cn[nH]c23)CC(=O)C1. The molecule has 16 heavy (non-hydrogen) atoms. The molecule has 0 amide bonds. The summed E-state index contributed by atoms with van der Waals surface area (Å²) in [5.41, 5.74) is 1.13. The number of aromatic nitrogens is 2. The molecule has 4 nitrogen and oxygen atoms in total. The van der Waals surface area contributed by atoms with Crippen molar-refractivity contribution in [2.45, 2.75) is 18.3 Å². The number of carbonyl (C=O) groups excluding carboxylic acids is 1. The highest BCUT2D eigenvalue weighted by molar-refractivity contribution is 5.93. The zero-order chi connectivity index (χ0) is 11.2. The number of carbonyl (C=O) groups is 1. The van der Waals surface area contributed by atoms with E-state index >= 15 is 0 Å². The monoisotopic (exact) mass is 211 g/mol. The molecule has 1 aromatic heterocycles. The number of nitrogens with one attached hydrogen (secondary N) is 1. The highest BCUT2D eigenvalue weighted by Gasteiger charge is 2.46. The molecule has 1 N–H and O–H groups in total.